The zero-order valence-electron chi connectivity index (χ0n) is 14.5. The first kappa shape index (κ1) is 22.7. The summed E-state index contributed by atoms with van der Waals surface area (Å²) in [7, 11) is -4.04. The molecule has 0 heterocycles. The summed E-state index contributed by atoms with van der Waals surface area (Å²) in [5.41, 5.74) is -3.53. The number of ether oxygens (including phenoxy) is 1. The van der Waals surface area contributed by atoms with Gasteiger partial charge in [-0.2, -0.15) is 31.1 Å². The highest BCUT2D eigenvalue weighted by Crippen LogP contribution is 2.37. The molecule has 1 atom stereocenters. The number of hydrogen-bond donors (Lipinski definition) is 1. The molecule has 1 N–H and O–H groups in total. The summed E-state index contributed by atoms with van der Waals surface area (Å²) in [5, 5.41) is 0. The minimum atomic E-state index is -5.23. The number of alkyl halides is 6. The summed E-state index contributed by atoms with van der Waals surface area (Å²) in [4.78, 5) is 10.7. The van der Waals surface area contributed by atoms with E-state index >= 15 is 0 Å². The van der Waals surface area contributed by atoms with Crippen molar-refractivity contribution in [2.45, 2.75) is 23.3 Å². The number of benzene rings is 2. The predicted molar refractivity (Wildman–Crippen MR) is 88.0 cm³/mol. The normalized spacial score (nSPS) is 13.8. The molecule has 158 valence electrons. The number of rotatable bonds is 5. The van der Waals surface area contributed by atoms with Crippen LogP contribution < -0.4 is 4.72 Å². The zero-order chi connectivity index (χ0) is 22.0. The minimum Gasteiger partial charge on any atom is -0.468 e. The lowest BCUT2D eigenvalue weighted by atomic mass is 10.1. The smallest absolute Gasteiger partial charge is 0.416 e. The zero-order valence-corrected chi connectivity index (χ0v) is 15.3. The highest BCUT2D eigenvalue weighted by atomic mass is 32.2. The molecular formula is C17H13F6NO4S. The molecule has 0 saturated carbocycles. The van der Waals surface area contributed by atoms with Crippen molar-refractivity contribution in [1.29, 1.82) is 0 Å². The first-order valence-corrected chi connectivity index (χ1v) is 9.18. The fourth-order valence-electron chi connectivity index (χ4n) is 2.32. The summed E-state index contributed by atoms with van der Waals surface area (Å²) in [6.45, 7) is 0. The van der Waals surface area contributed by atoms with Crippen molar-refractivity contribution in [2.75, 3.05) is 7.11 Å². The highest BCUT2D eigenvalue weighted by molar-refractivity contribution is 7.89. The molecule has 29 heavy (non-hydrogen) atoms. The molecule has 0 aromatic heterocycles. The third-order valence-corrected chi connectivity index (χ3v) is 5.12. The Morgan fingerprint density at radius 3 is 1.83 bits per heavy atom. The standard InChI is InChI=1S/C17H13F6NO4S/c1-28-15(25)14(10-5-3-2-4-6-10)24-29(26,27)13-8-11(16(18,19)20)7-12(9-13)17(21,22)23/h2-9,14,24H,1H3. The molecule has 5 nitrogen and oxygen atoms in total. The van der Waals surface area contributed by atoms with Gasteiger partial charge in [-0.05, 0) is 23.8 Å². The lowest BCUT2D eigenvalue weighted by Gasteiger charge is -2.19. The Hall–Kier alpha value is -2.60. The Morgan fingerprint density at radius 2 is 1.41 bits per heavy atom. The molecule has 2 aromatic carbocycles. The van der Waals surface area contributed by atoms with E-state index in [1.54, 1.807) is 10.8 Å². The monoisotopic (exact) mass is 441 g/mol. The summed E-state index contributed by atoms with van der Waals surface area (Å²) in [6.07, 6.45) is -10.5. The van der Waals surface area contributed by atoms with E-state index < -0.39 is 50.4 Å². The van der Waals surface area contributed by atoms with Gasteiger partial charge in [0.15, 0.2) is 0 Å². The van der Waals surface area contributed by atoms with Crippen LogP contribution in [0.25, 0.3) is 0 Å². The van der Waals surface area contributed by atoms with Gasteiger partial charge >= 0.3 is 18.3 Å². The van der Waals surface area contributed by atoms with E-state index in [1.165, 1.54) is 24.3 Å². The van der Waals surface area contributed by atoms with Crippen LogP contribution in [0, 0.1) is 0 Å². The van der Waals surface area contributed by atoms with Crippen molar-refractivity contribution in [3.05, 3.63) is 65.2 Å². The van der Waals surface area contributed by atoms with E-state index in [4.69, 9.17) is 0 Å². The molecule has 0 saturated heterocycles. The maximum atomic E-state index is 13.0. The third kappa shape index (κ3) is 5.48. The van der Waals surface area contributed by atoms with Crippen LogP contribution in [-0.4, -0.2) is 21.5 Å². The van der Waals surface area contributed by atoms with Gasteiger partial charge in [-0.25, -0.2) is 13.2 Å². The van der Waals surface area contributed by atoms with Gasteiger partial charge in [0.2, 0.25) is 10.0 Å². The molecule has 12 heteroatoms. The van der Waals surface area contributed by atoms with Gasteiger partial charge in [-0.1, -0.05) is 30.3 Å². The van der Waals surface area contributed by atoms with Crippen LogP contribution in [0.3, 0.4) is 0 Å². The summed E-state index contributed by atoms with van der Waals surface area (Å²) in [5.74, 6) is -1.11. The second kappa shape index (κ2) is 8.03. The number of halogens is 6. The van der Waals surface area contributed by atoms with Crippen LogP contribution in [0.2, 0.25) is 0 Å². The van der Waals surface area contributed by atoms with Gasteiger partial charge in [-0.3, -0.25) is 0 Å². The van der Waals surface area contributed by atoms with Crippen LogP contribution in [0.4, 0.5) is 26.3 Å². The molecule has 1 unspecified atom stereocenters. The fourth-order valence-corrected chi connectivity index (χ4v) is 3.56. The second-order valence-electron chi connectivity index (χ2n) is 5.73. The molecule has 0 spiro atoms. The molecule has 2 aromatic rings. The minimum absolute atomic E-state index is 0.0525. The molecule has 0 aliphatic heterocycles. The Morgan fingerprint density at radius 1 is 0.931 bits per heavy atom. The van der Waals surface area contributed by atoms with E-state index in [1.807, 2.05) is 0 Å². The largest absolute Gasteiger partial charge is 0.468 e. The number of nitrogens with one attached hydrogen (secondary N) is 1. The van der Waals surface area contributed by atoms with E-state index in [-0.39, 0.29) is 23.8 Å². The first-order valence-electron chi connectivity index (χ1n) is 7.70. The number of carbonyl (C=O) groups is 1. The van der Waals surface area contributed by atoms with Crippen molar-refractivity contribution in [3.8, 4) is 0 Å². The second-order valence-corrected chi connectivity index (χ2v) is 7.44. The predicted octanol–water partition coefficient (Wildman–Crippen LogP) is 3.92. The van der Waals surface area contributed by atoms with Crippen molar-refractivity contribution >= 4 is 16.0 Å². The Balaban J connectivity index is 2.57. The summed E-state index contributed by atoms with van der Waals surface area (Å²) < 4.78 is 109. The number of hydrogen-bond acceptors (Lipinski definition) is 4. The topological polar surface area (TPSA) is 72.5 Å². The Bertz CT molecular complexity index is 955. The van der Waals surface area contributed by atoms with Crippen molar-refractivity contribution in [3.63, 3.8) is 0 Å². The van der Waals surface area contributed by atoms with Gasteiger partial charge in [0.25, 0.3) is 0 Å². The van der Waals surface area contributed by atoms with E-state index in [0.29, 0.717) is 0 Å². The maximum Gasteiger partial charge on any atom is 0.416 e. The molecule has 0 aliphatic carbocycles. The SMILES string of the molecule is COC(=O)C(NS(=O)(=O)c1cc(C(F)(F)F)cc(C(F)(F)F)c1)c1ccccc1. The first-order chi connectivity index (χ1) is 13.3. The van der Waals surface area contributed by atoms with Crippen LogP contribution in [0.15, 0.2) is 53.4 Å². The number of methoxy groups -OCH3 is 1. The molecule has 0 bridgehead atoms. The van der Waals surface area contributed by atoms with Crippen LogP contribution in [-0.2, 0) is 31.9 Å². The molecule has 0 fully saturated rings. The van der Waals surface area contributed by atoms with Crippen molar-refractivity contribution < 1.29 is 44.3 Å². The number of carbonyl (C=O) groups excluding carboxylic acids is 1. The molecule has 2 rings (SSSR count). The molecule has 0 radical (unpaired) electrons. The summed E-state index contributed by atoms with van der Waals surface area (Å²) in [6, 6.07) is 5.33. The van der Waals surface area contributed by atoms with Gasteiger partial charge in [0.1, 0.15) is 6.04 Å². The average molecular weight is 441 g/mol. The van der Waals surface area contributed by atoms with Gasteiger partial charge in [0.05, 0.1) is 23.1 Å². The Kier molecular flexibility index (Phi) is 6.28. The van der Waals surface area contributed by atoms with E-state index in [2.05, 4.69) is 4.74 Å². The van der Waals surface area contributed by atoms with E-state index in [0.717, 1.165) is 7.11 Å². The lowest BCUT2D eigenvalue weighted by molar-refractivity contribution is -0.144. The van der Waals surface area contributed by atoms with Crippen molar-refractivity contribution in [1.82, 2.24) is 4.72 Å². The van der Waals surface area contributed by atoms with Crippen LogP contribution in [0.1, 0.15) is 22.7 Å². The quantitative estimate of drug-likeness (QED) is 0.564. The average Bonchev–Trinajstić information content (AvgIpc) is 2.64. The van der Waals surface area contributed by atoms with Gasteiger partial charge in [-0.15, -0.1) is 0 Å². The lowest BCUT2D eigenvalue weighted by Crippen LogP contribution is -2.34. The molecule has 0 amide bonds. The fraction of sp³-hybridized carbons (Fsp3) is 0.235. The van der Waals surface area contributed by atoms with Crippen molar-refractivity contribution in [2.24, 2.45) is 0 Å². The van der Waals surface area contributed by atoms with Gasteiger partial charge in [0, 0.05) is 0 Å². The maximum absolute atomic E-state index is 13.0. The van der Waals surface area contributed by atoms with Crippen LogP contribution in [0.5, 0.6) is 0 Å². The highest BCUT2D eigenvalue weighted by Gasteiger charge is 2.39. The van der Waals surface area contributed by atoms with E-state index in [9.17, 15) is 39.6 Å². The molecular weight excluding hydrogens is 428 g/mol. The summed E-state index contributed by atoms with van der Waals surface area (Å²) >= 11 is 0. The Labute approximate surface area is 161 Å². The van der Waals surface area contributed by atoms with Gasteiger partial charge < -0.3 is 4.74 Å². The molecule has 0 aliphatic rings. The van der Waals surface area contributed by atoms with Crippen LogP contribution >= 0.6 is 0 Å². The number of sulfonamides is 1. The number of esters is 1. The third-order valence-electron chi connectivity index (χ3n) is 3.71.